The fourth-order valence-electron chi connectivity index (χ4n) is 5.87. The van der Waals surface area contributed by atoms with Crippen molar-refractivity contribution in [3.8, 4) is 0 Å². The van der Waals surface area contributed by atoms with Gasteiger partial charge in [0.05, 0.1) is 22.6 Å². The zero-order chi connectivity index (χ0) is 26.1. The molecular weight excluding hydrogens is 513 g/mol. The number of thiophene rings is 1. The first-order valence-electron chi connectivity index (χ1n) is 13.1. The number of pyridine rings is 2. The number of H-pyrrole nitrogens is 2. The van der Waals surface area contributed by atoms with Crippen LogP contribution in [0.5, 0.6) is 0 Å². The minimum absolute atomic E-state index is 0.0568. The highest BCUT2D eigenvalue weighted by atomic mass is 32.1. The number of carbonyl (C=O) groups is 1. The number of carbonyl (C=O) groups excluding carboxylic acids is 1. The van der Waals surface area contributed by atoms with Crippen molar-refractivity contribution in [2.45, 2.75) is 32.1 Å². The zero-order valence-corrected chi connectivity index (χ0v) is 21.6. The highest BCUT2D eigenvalue weighted by Gasteiger charge is 2.24. The van der Waals surface area contributed by atoms with Crippen molar-refractivity contribution in [1.82, 2.24) is 34.7 Å². The Kier molecular flexibility index (Phi) is 4.93. The molecule has 192 valence electrons. The summed E-state index contributed by atoms with van der Waals surface area (Å²) in [6, 6.07) is 11.3. The first-order valence-corrected chi connectivity index (χ1v) is 13.9. The summed E-state index contributed by atoms with van der Waals surface area (Å²) >= 11 is 1.52. The predicted octanol–water partition coefficient (Wildman–Crippen LogP) is 7.19. The summed E-state index contributed by atoms with van der Waals surface area (Å²) in [6.07, 6.45) is 10.0. The van der Waals surface area contributed by atoms with Gasteiger partial charge in [-0.05, 0) is 49.2 Å². The van der Waals surface area contributed by atoms with E-state index in [4.69, 9.17) is 4.98 Å². The topological polar surface area (TPSA) is 105 Å². The Hall–Kier alpha value is -4.44. The van der Waals surface area contributed by atoms with Crippen LogP contribution in [0.4, 0.5) is 4.39 Å². The smallest absolute Gasteiger partial charge is 0.235 e. The Labute approximate surface area is 224 Å². The number of hydrogen-bond donors (Lipinski definition) is 2. The number of aromatic amines is 2. The number of hydrogen-bond acceptors (Lipinski definition) is 6. The highest BCUT2D eigenvalue weighted by molar-refractivity contribution is 7.24. The Bertz CT molecular complexity index is 2160. The largest absolute Gasteiger partial charge is 0.321 e. The molecule has 1 aliphatic rings. The van der Waals surface area contributed by atoms with Crippen LogP contribution in [0.1, 0.15) is 36.9 Å². The molecule has 1 aromatic carbocycles. The van der Waals surface area contributed by atoms with E-state index in [2.05, 4.69) is 25.1 Å². The number of fused-ring (bicyclic) bond motifs is 9. The minimum atomic E-state index is -0.429. The second kappa shape index (κ2) is 8.54. The molecule has 0 aliphatic heterocycles. The van der Waals surface area contributed by atoms with Crippen molar-refractivity contribution in [3.05, 3.63) is 60.8 Å². The number of imidazole rings is 1. The molecule has 0 amide bonds. The molecule has 1 saturated carbocycles. The lowest BCUT2D eigenvalue weighted by atomic mass is 9.88. The van der Waals surface area contributed by atoms with E-state index in [9.17, 15) is 4.79 Å². The molecule has 8 rings (SSSR count). The molecule has 0 saturated heterocycles. The molecule has 1 fully saturated rings. The van der Waals surface area contributed by atoms with Gasteiger partial charge in [-0.3, -0.25) is 19.4 Å². The molecule has 0 spiro atoms. The number of nitrogens with one attached hydrogen (secondary N) is 2. The summed E-state index contributed by atoms with van der Waals surface area (Å²) < 4.78 is 19.0. The SMILES string of the molecule is O=C(C1CCCCC1)n1c2cncc(c2)c2ccc3[nH]nc(c4nc5c(nccc5c5ccc1s5)[nH]4)c3c2F. The van der Waals surface area contributed by atoms with Gasteiger partial charge >= 0.3 is 0 Å². The van der Waals surface area contributed by atoms with Crippen molar-refractivity contribution >= 4 is 81.7 Å². The van der Waals surface area contributed by atoms with Gasteiger partial charge in [-0.15, -0.1) is 11.3 Å². The Morgan fingerprint density at radius 1 is 1.00 bits per heavy atom. The van der Waals surface area contributed by atoms with Crippen LogP contribution in [0.3, 0.4) is 0 Å². The molecule has 10 heteroatoms. The second-order valence-electron chi connectivity index (χ2n) is 10.1. The van der Waals surface area contributed by atoms with Crippen LogP contribution in [0, 0.1) is 11.7 Å². The summed E-state index contributed by atoms with van der Waals surface area (Å²) in [4.78, 5) is 31.9. The lowest BCUT2D eigenvalue weighted by molar-refractivity contribution is 0.0812. The summed E-state index contributed by atoms with van der Waals surface area (Å²) in [6.45, 7) is 0. The molecule has 0 radical (unpaired) electrons. The van der Waals surface area contributed by atoms with Crippen LogP contribution in [-0.4, -0.2) is 40.6 Å². The monoisotopic (exact) mass is 535 g/mol. The normalized spacial score (nSPS) is 14.8. The van der Waals surface area contributed by atoms with Gasteiger partial charge in [-0.25, -0.2) is 14.4 Å². The van der Waals surface area contributed by atoms with E-state index in [1.165, 1.54) is 11.3 Å². The predicted molar refractivity (Wildman–Crippen MR) is 152 cm³/mol. The van der Waals surface area contributed by atoms with Gasteiger partial charge in [0.1, 0.15) is 21.7 Å². The van der Waals surface area contributed by atoms with Crippen LogP contribution >= 0.6 is 11.3 Å². The fourth-order valence-corrected chi connectivity index (χ4v) is 6.93. The molecule has 7 aromatic rings. The lowest BCUT2D eigenvalue weighted by Crippen LogP contribution is -2.24. The second-order valence-corrected chi connectivity index (χ2v) is 11.2. The number of halogens is 1. The summed E-state index contributed by atoms with van der Waals surface area (Å²) in [5, 5.41) is 9.52. The van der Waals surface area contributed by atoms with E-state index < -0.39 is 5.82 Å². The first-order chi connectivity index (χ1) is 19.2. The van der Waals surface area contributed by atoms with Crippen molar-refractivity contribution in [1.29, 1.82) is 0 Å². The number of nitrogens with zero attached hydrogens (tertiary/aromatic N) is 5. The summed E-state index contributed by atoms with van der Waals surface area (Å²) in [5.41, 5.74) is 3.25. The average molecular weight is 536 g/mol. The third kappa shape index (κ3) is 3.44. The standard InChI is InChI=1S/C29H22FN7OS/c30-24-18-6-7-20-23(24)26(36-35-20)28-33-25-19(10-11-32-27(25)34-28)21-8-9-22(39-21)37(17-12-16(18)13-31-14-17)29(38)15-4-2-1-3-5-15/h6-15H,1-5H2,(H,35,36)(H,32,33,34). The molecule has 8 nitrogen and oxygen atoms in total. The first kappa shape index (κ1) is 22.5. The Morgan fingerprint density at radius 2 is 1.90 bits per heavy atom. The van der Waals surface area contributed by atoms with Crippen molar-refractivity contribution in [2.75, 3.05) is 0 Å². The minimum Gasteiger partial charge on any atom is -0.321 e. The lowest BCUT2D eigenvalue weighted by Gasteiger charge is -2.21. The quantitative estimate of drug-likeness (QED) is 0.231. The fraction of sp³-hybridized carbons (Fsp3) is 0.207. The Morgan fingerprint density at radius 3 is 2.79 bits per heavy atom. The van der Waals surface area contributed by atoms with Crippen LogP contribution in [0.15, 0.2) is 55.0 Å². The maximum absolute atomic E-state index is 16.2. The molecule has 6 heterocycles. The summed E-state index contributed by atoms with van der Waals surface area (Å²) in [5.74, 6) is -0.429. The molecular formula is C29H22FN7OS. The van der Waals surface area contributed by atoms with Gasteiger partial charge < -0.3 is 4.98 Å². The molecule has 2 N–H and O–H groups in total. The molecule has 0 unspecified atom stereocenters. The summed E-state index contributed by atoms with van der Waals surface area (Å²) in [7, 11) is 0. The maximum atomic E-state index is 16.2. The van der Waals surface area contributed by atoms with Crippen molar-refractivity contribution < 1.29 is 9.18 Å². The average Bonchev–Trinajstić information content (AvgIpc) is 3.72. The van der Waals surface area contributed by atoms with E-state index in [1.54, 1.807) is 35.3 Å². The van der Waals surface area contributed by atoms with E-state index in [-0.39, 0.29) is 11.8 Å². The van der Waals surface area contributed by atoms with Crippen LogP contribution in [-0.2, 0) is 0 Å². The zero-order valence-electron chi connectivity index (χ0n) is 20.7. The Balaban J connectivity index is 1.59. The van der Waals surface area contributed by atoms with E-state index >= 15 is 4.39 Å². The maximum Gasteiger partial charge on any atom is 0.235 e. The number of benzene rings is 1. The van der Waals surface area contributed by atoms with Gasteiger partial charge in [0, 0.05) is 39.2 Å². The van der Waals surface area contributed by atoms with E-state index in [1.807, 2.05) is 24.3 Å². The van der Waals surface area contributed by atoms with E-state index in [0.717, 1.165) is 47.0 Å². The third-order valence-corrected chi connectivity index (χ3v) is 8.93. The molecule has 39 heavy (non-hydrogen) atoms. The molecule has 6 aromatic heterocycles. The third-order valence-electron chi connectivity index (χ3n) is 7.82. The van der Waals surface area contributed by atoms with Gasteiger partial charge in [0.25, 0.3) is 0 Å². The molecule has 1 aliphatic carbocycles. The van der Waals surface area contributed by atoms with Gasteiger partial charge in [-0.1, -0.05) is 19.3 Å². The van der Waals surface area contributed by atoms with Crippen molar-refractivity contribution in [2.24, 2.45) is 5.92 Å². The highest BCUT2D eigenvalue weighted by Crippen LogP contribution is 2.33. The number of aromatic nitrogens is 7. The number of rotatable bonds is 1. The van der Waals surface area contributed by atoms with Gasteiger partial charge in [0.15, 0.2) is 11.3 Å². The van der Waals surface area contributed by atoms with E-state index in [0.29, 0.717) is 49.5 Å². The van der Waals surface area contributed by atoms with Crippen LogP contribution in [0.2, 0.25) is 0 Å². The van der Waals surface area contributed by atoms with Gasteiger partial charge in [-0.2, -0.15) is 5.10 Å². The molecule has 0 atom stereocenters. The van der Waals surface area contributed by atoms with Gasteiger partial charge in [0.2, 0.25) is 5.91 Å². The molecule has 8 bridgehead atoms. The van der Waals surface area contributed by atoms with Crippen LogP contribution in [0.25, 0.3) is 64.4 Å². The van der Waals surface area contributed by atoms with Crippen molar-refractivity contribution in [3.63, 3.8) is 0 Å². The van der Waals surface area contributed by atoms with Crippen LogP contribution < -0.4 is 0 Å².